The zero-order valence-corrected chi connectivity index (χ0v) is 18.3. The van der Waals surface area contributed by atoms with Crippen LogP contribution in [-0.4, -0.2) is 45.0 Å². The van der Waals surface area contributed by atoms with E-state index >= 15 is 0 Å². The molecule has 1 heterocycles. The second-order valence-corrected chi connectivity index (χ2v) is 8.77. The summed E-state index contributed by atoms with van der Waals surface area (Å²) in [4.78, 5) is 31.3. The van der Waals surface area contributed by atoms with E-state index in [1.165, 1.54) is 23.9 Å². The molecule has 2 rings (SSSR count). The number of nitrogens with one attached hydrogen (secondary N) is 1. The van der Waals surface area contributed by atoms with Gasteiger partial charge in [0.05, 0.1) is 21.3 Å². The van der Waals surface area contributed by atoms with Crippen molar-refractivity contribution in [3.8, 4) is 11.3 Å². The fourth-order valence-corrected chi connectivity index (χ4v) is 3.51. The van der Waals surface area contributed by atoms with Gasteiger partial charge in [-0.05, 0) is 39.0 Å². The number of benzene rings is 1. The first kappa shape index (κ1) is 23.1. The van der Waals surface area contributed by atoms with Crippen molar-refractivity contribution in [2.45, 2.75) is 31.4 Å². The van der Waals surface area contributed by atoms with Crippen LogP contribution in [0.1, 0.15) is 31.1 Å². The zero-order chi connectivity index (χ0) is 21.8. The lowest BCUT2D eigenvalue weighted by Crippen LogP contribution is -2.33. The maximum atomic E-state index is 11.7. The highest BCUT2D eigenvalue weighted by Crippen LogP contribution is 2.33. The molecule has 11 heteroatoms. The average Bonchev–Trinajstić information content (AvgIpc) is 2.56. The highest BCUT2D eigenvalue weighted by Gasteiger charge is 2.17. The summed E-state index contributed by atoms with van der Waals surface area (Å²) in [5, 5.41) is 12.7. The third-order valence-corrected chi connectivity index (χ3v) is 4.84. The lowest BCUT2D eigenvalue weighted by atomic mass is 10.1. The number of thioether (sulfide) groups is 1. The Hall–Kier alpha value is -2.23. The van der Waals surface area contributed by atoms with Crippen molar-refractivity contribution in [2.75, 3.05) is 18.0 Å². The summed E-state index contributed by atoms with van der Waals surface area (Å²) in [7, 11) is 0. The molecule has 1 aromatic carbocycles. The molecule has 2 aromatic rings. The van der Waals surface area contributed by atoms with E-state index in [2.05, 4.69) is 15.3 Å². The monoisotopic (exact) mass is 458 g/mol. The van der Waals surface area contributed by atoms with Gasteiger partial charge in [-0.15, -0.1) is 11.8 Å². The number of halogens is 2. The van der Waals surface area contributed by atoms with Crippen molar-refractivity contribution in [3.05, 3.63) is 33.8 Å². The van der Waals surface area contributed by atoms with Gasteiger partial charge in [0.15, 0.2) is 0 Å². The van der Waals surface area contributed by atoms with Crippen LogP contribution in [0.5, 0.6) is 0 Å². The summed E-state index contributed by atoms with van der Waals surface area (Å²) >= 11 is 13.5. The van der Waals surface area contributed by atoms with Gasteiger partial charge in [0, 0.05) is 17.9 Å². The number of carbonyl (C=O) groups excluding carboxylic acids is 1. The standard InChI is InChI=1S/C18H20Cl2N4O4S/c1-18(2,3)28-17(27)22-4-5-29-14-8-13(23-16(21)24-14)9-6-10(15(25)26)12(20)7-11(9)19/h6-8H,4-5H2,1-3H3,(H,22,27)(H,25,26)(H2,21,23,24). The number of aromatic nitrogens is 2. The number of carbonyl (C=O) groups is 2. The maximum absolute atomic E-state index is 11.7. The van der Waals surface area contributed by atoms with Crippen LogP contribution in [0.4, 0.5) is 10.7 Å². The molecule has 0 aliphatic rings. The molecule has 1 aromatic heterocycles. The molecule has 0 radical (unpaired) electrons. The number of nitrogen functional groups attached to an aromatic ring is 1. The molecule has 4 N–H and O–H groups in total. The van der Waals surface area contributed by atoms with Gasteiger partial charge < -0.3 is 20.9 Å². The molecule has 8 nitrogen and oxygen atoms in total. The van der Waals surface area contributed by atoms with Crippen LogP contribution < -0.4 is 11.1 Å². The molecule has 0 aliphatic carbocycles. The molecule has 29 heavy (non-hydrogen) atoms. The highest BCUT2D eigenvalue weighted by molar-refractivity contribution is 7.99. The maximum Gasteiger partial charge on any atom is 0.407 e. The summed E-state index contributed by atoms with van der Waals surface area (Å²) in [6, 6.07) is 4.32. The van der Waals surface area contributed by atoms with Gasteiger partial charge in [-0.25, -0.2) is 19.6 Å². The quantitative estimate of drug-likeness (QED) is 0.331. The van der Waals surface area contributed by atoms with Crippen LogP contribution in [-0.2, 0) is 4.74 Å². The molecule has 0 saturated carbocycles. The minimum Gasteiger partial charge on any atom is -0.478 e. The van der Waals surface area contributed by atoms with E-state index in [1.54, 1.807) is 26.8 Å². The number of hydrogen-bond donors (Lipinski definition) is 3. The summed E-state index contributed by atoms with van der Waals surface area (Å²) in [6.07, 6.45) is -0.505. The lowest BCUT2D eigenvalue weighted by molar-refractivity contribution is 0.0530. The molecule has 156 valence electrons. The Morgan fingerprint density at radius 3 is 2.52 bits per heavy atom. The van der Waals surface area contributed by atoms with Gasteiger partial charge in [0.25, 0.3) is 0 Å². The molecule has 0 bridgehead atoms. The van der Waals surface area contributed by atoms with E-state index in [9.17, 15) is 14.7 Å². The number of ether oxygens (including phenoxy) is 1. The normalized spacial score (nSPS) is 11.2. The van der Waals surface area contributed by atoms with Gasteiger partial charge in [0.2, 0.25) is 5.95 Å². The molecular weight excluding hydrogens is 439 g/mol. The molecule has 0 atom stereocenters. The average molecular weight is 459 g/mol. The van der Waals surface area contributed by atoms with Crippen molar-refractivity contribution >= 4 is 53.0 Å². The second-order valence-electron chi connectivity index (χ2n) is 6.84. The lowest BCUT2D eigenvalue weighted by Gasteiger charge is -2.19. The Morgan fingerprint density at radius 1 is 1.21 bits per heavy atom. The largest absolute Gasteiger partial charge is 0.478 e. The summed E-state index contributed by atoms with van der Waals surface area (Å²) in [6.45, 7) is 5.70. The van der Waals surface area contributed by atoms with Crippen LogP contribution in [0.3, 0.4) is 0 Å². The van der Waals surface area contributed by atoms with Gasteiger partial charge >= 0.3 is 12.1 Å². The highest BCUT2D eigenvalue weighted by atomic mass is 35.5. The third-order valence-electron chi connectivity index (χ3n) is 3.30. The molecule has 1 amide bonds. The van der Waals surface area contributed by atoms with E-state index in [-0.39, 0.29) is 21.6 Å². The van der Waals surface area contributed by atoms with Gasteiger partial charge in [-0.2, -0.15) is 0 Å². The number of nitrogens with two attached hydrogens (primary N) is 1. The Balaban J connectivity index is 2.12. The van der Waals surface area contributed by atoms with Crippen molar-refractivity contribution in [1.82, 2.24) is 15.3 Å². The van der Waals surface area contributed by atoms with Crippen LogP contribution in [0.15, 0.2) is 23.2 Å². The first-order chi connectivity index (χ1) is 13.5. The van der Waals surface area contributed by atoms with Crippen molar-refractivity contribution in [1.29, 1.82) is 0 Å². The number of carboxylic acids is 1. The number of aromatic carboxylic acids is 1. The van der Waals surface area contributed by atoms with Crippen LogP contribution in [0.2, 0.25) is 10.0 Å². The van der Waals surface area contributed by atoms with E-state index in [4.69, 9.17) is 33.7 Å². The molecule has 0 saturated heterocycles. The van der Waals surface area contributed by atoms with Gasteiger partial charge in [0.1, 0.15) is 10.6 Å². The Morgan fingerprint density at radius 2 is 1.90 bits per heavy atom. The number of nitrogens with zero attached hydrogens (tertiary/aromatic N) is 2. The number of hydrogen-bond acceptors (Lipinski definition) is 7. The summed E-state index contributed by atoms with van der Waals surface area (Å²) < 4.78 is 5.16. The van der Waals surface area contributed by atoms with Gasteiger partial charge in [-0.1, -0.05) is 23.2 Å². The minimum atomic E-state index is -1.18. The number of anilines is 1. The number of carboxylic acid groups (broad SMARTS) is 1. The fraction of sp³-hybridized carbons (Fsp3) is 0.333. The van der Waals surface area contributed by atoms with Crippen LogP contribution >= 0.6 is 35.0 Å². The number of amides is 1. The van der Waals surface area contributed by atoms with Crippen LogP contribution in [0, 0.1) is 0 Å². The topological polar surface area (TPSA) is 127 Å². The summed E-state index contributed by atoms with van der Waals surface area (Å²) in [5.74, 6) is -0.671. The predicted molar refractivity (Wildman–Crippen MR) is 114 cm³/mol. The van der Waals surface area contributed by atoms with E-state index in [0.717, 1.165) is 0 Å². The van der Waals surface area contributed by atoms with Gasteiger partial charge in [-0.3, -0.25) is 0 Å². The molecule has 0 aliphatic heterocycles. The fourth-order valence-electron chi connectivity index (χ4n) is 2.19. The Bertz CT molecular complexity index is 935. The number of rotatable bonds is 6. The molecule has 0 spiro atoms. The SMILES string of the molecule is CC(C)(C)OC(=O)NCCSc1cc(-c2cc(C(=O)O)c(Cl)cc2Cl)nc(N)n1. The summed E-state index contributed by atoms with van der Waals surface area (Å²) in [5.41, 5.74) is 5.85. The van der Waals surface area contributed by atoms with E-state index in [0.29, 0.717) is 28.6 Å². The van der Waals surface area contributed by atoms with Crippen molar-refractivity contribution < 1.29 is 19.4 Å². The van der Waals surface area contributed by atoms with E-state index < -0.39 is 17.7 Å². The Labute approximate surface area is 182 Å². The zero-order valence-electron chi connectivity index (χ0n) is 16.0. The third kappa shape index (κ3) is 6.95. The molecule has 0 unspecified atom stereocenters. The van der Waals surface area contributed by atoms with Crippen molar-refractivity contribution in [2.24, 2.45) is 0 Å². The first-order valence-electron chi connectivity index (χ1n) is 8.43. The first-order valence-corrected chi connectivity index (χ1v) is 10.2. The molecular formula is C18H20Cl2N4O4S. The minimum absolute atomic E-state index is 0.00740. The second kappa shape index (κ2) is 9.51. The van der Waals surface area contributed by atoms with E-state index in [1.807, 2.05) is 0 Å². The Kier molecular flexibility index (Phi) is 7.56. The number of alkyl carbamates (subject to hydrolysis) is 1. The van der Waals surface area contributed by atoms with Crippen LogP contribution in [0.25, 0.3) is 11.3 Å². The predicted octanol–water partition coefficient (Wildman–Crippen LogP) is 4.35. The smallest absolute Gasteiger partial charge is 0.407 e. The molecule has 0 fully saturated rings. The van der Waals surface area contributed by atoms with Crippen molar-refractivity contribution in [3.63, 3.8) is 0 Å².